The lowest BCUT2D eigenvalue weighted by atomic mass is 10.0. The quantitative estimate of drug-likeness (QED) is 0.450. The Balaban J connectivity index is 1.19. The molecule has 1 saturated carbocycles. The van der Waals surface area contributed by atoms with Crippen molar-refractivity contribution in [1.29, 1.82) is 0 Å². The average Bonchev–Trinajstić information content (AvgIpc) is 3.78. The van der Waals surface area contributed by atoms with Gasteiger partial charge >= 0.3 is 0 Å². The van der Waals surface area contributed by atoms with E-state index in [4.69, 9.17) is 9.72 Å². The number of piperidine rings is 1. The number of fused-ring (bicyclic) bond motifs is 1. The van der Waals surface area contributed by atoms with Crippen LogP contribution in [0.15, 0.2) is 42.7 Å². The fraction of sp³-hybridized carbons (Fsp3) is 0.500. The second kappa shape index (κ2) is 11.0. The van der Waals surface area contributed by atoms with Gasteiger partial charge in [0, 0.05) is 80.5 Å². The van der Waals surface area contributed by atoms with E-state index in [0.717, 1.165) is 48.2 Å². The summed E-state index contributed by atoms with van der Waals surface area (Å²) in [5.74, 6) is -1.46. The number of amides is 1. The Morgan fingerprint density at radius 2 is 1.79 bits per heavy atom. The number of nitrogens with zero attached hydrogens (tertiary/aromatic N) is 5. The molecular weight excluding hydrogens is 504 g/mol. The van der Waals surface area contributed by atoms with Crippen molar-refractivity contribution in [3.63, 3.8) is 0 Å². The summed E-state index contributed by atoms with van der Waals surface area (Å²) in [5, 5.41) is 7.08. The fourth-order valence-electron chi connectivity index (χ4n) is 5.21. The first-order valence-corrected chi connectivity index (χ1v) is 13.7. The Labute approximate surface area is 226 Å². The number of rotatable bonds is 8. The van der Waals surface area contributed by atoms with Crippen molar-refractivity contribution < 1.29 is 18.3 Å². The van der Waals surface area contributed by atoms with Crippen LogP contribution in [0.4, 0.5) is 20.5 Å². The molecule has 0 radical (unpaired) electrons. The summed E-state index contributed by atoms with van der Waals surface area (Å²) < 4.78 is 33.3. The highest BCUT2D eigenvalue weighted by atomic mass is 19.3. The third-order valence-electron chi connectivity index (χ3n) is 7.69. The summed E-state index contributed by atoms with van der Waals surface area (Å²) >= 11 is 0. The number of alkyl halides is 2. The Hall–Kier alpha value is -3.44. The molecule has 6 rings (SSSR count). The van der Waals surface area contributed by atoms with Crippen LogP contribution in [-0.2, 0) is 4.74 Å². The lowest BCUT2D eigenvalue weighted by Gasteiger charge is -2.37. The summed E-state index contributed by atoms with van der Waals surface area (Å²) in [5.41, 5.74) is 2.06. The minimum atomic E-state index is -2.66. The molecular formula is C28H33F2N7O2. The summed E-state index contributed by atoms with van der Waals surface area (Å²) in [4.78, 5) is 31.3. The number of hydrogen-bond donors (Lipinski definition) is 2. The number of halogens is 2. The first-order valence-electron chi connectivity index (χ1n) is 13.7. The summed E-state index contributed by atoms with van der Waals surface area (Å²) in [7, 11) is 0. The molecule has 1 aromatic carbocycles. The SMILES string of the molecule is O=C(NCC(c1cnc(NC2CC2)nc1)N1CCC(F)(F)CC1)c1cccc2nc(N3CCOCC3)ccc12. The molecule has 1 amide bonds. The molecule has 4 heterocycles. The molecule has 9 nitrogen and oxygen atoms in total. The standard InChI is InChI=1S/C28H33F2N7O2/c29-28(30)8-10-36(11-9-28)24(19-16-32-27(33-17-19)34-20-4-5-20)18-31-26(38)22-2-1-3-23-21(22)6-7-25(35-23)37-12-14-39-15-13-37/h1-3,6-7,16-17,20,24H,4-5,8-15,18H2,(H,31,38)(H,32,33,34). The van der Waals surface area contributed by atoms with E-state index < -0.39 is 5.92 Å². The number of nitrogens with one attached hydrogen (secondary N) is 2. The van der Waals surface area contributed by atoms with E-state index in [1.807, 2.05) is 29.2 Å². The minimum absolute atomic E-state index is 0.208. The maximum Gasteiger partial charge on any atom is 0.252 e. The third-order valence-corrected chi connectivity index (χ3v) is 7.69. The predicted octanol–water partition coefficient (Wildman–Crippen LogP) is 3.64. The highest BCUT2D eigenvalue weighted by molar-refractivity contribution is 6.06. The van der Waals surface area contributed by atoms with Crippen molar-refractivity contribution in [3.05, 3.63) is 53.9 Å². The van der Waals surface area contributed by atoms with Crippen molar-refractivity contribution in [1.82, 2.24) is 25.2 Å². The zero-order valence-corrected chi connectivity index (χ0v) is 21.8. The molecule has 206 valence electrons. The van der Waals surface area contributed by atoms with E-state index in [2.05, 4.69) is 25.5 Å². The van der Waals surface area contributed by atoms with Crippen LogP contribution in [-0.4, -0.2) is 83.7 Å². The van der Waals surface area contributed by atoms with Gasteiger partial charge in [-0.2, -0.15) is 0 Å². The number of ether oxygens (including phenoxy) is 1. The summed E-state index contributed by atoms with van der Waals surface area (Å²) in [6.07, 6.45) is 5.27. The highest BCUT2D eigenvalue weighted by Crippen LogP contribution is 2.32. The van der Waals surface area contributed by atoms with Crippen molar-refractivity contribution >= 4 is 28.6 Å². The molecule has 3 aromatic rings. The van der Waals surface area contributed by atoms with Crippen LogP contribution in [0.5, 0.6) is 0 Å². The van der Waals surface area contributed by atoms with E-state index in [1.165, 1.54) is 0 Å². The largest absolute Gasteiger partial charge is 0.378 e. The van der Waals surface area contributed by atoms with Crippen LogP contribution in [0.1, 0.15) is 47.6 Å². The number of aromatic nitrogens is 3. The van der Waals surface area contributed by atoms with Gasteiger partial charge in [-0.15, -0.1) is 0 Å². The van der Waals surface area contributed by atoms with Crippen molar-refractivity contribution in [2.24, 2.45) is 0 Å². The molecule has 2 aromatic heterocycles. The van der Waals surface area contributed by atoms with Crippen molar-refractivity contribution in [3.8, 4) is 0 Å². The normalized spacial score (nSPS) is 20.5. The van der Waals surface area contributed by atoms with Gasteiger partial charge in [0.25, 0.3) is 11.8 Å². The lowest BCUT2D eigenvalue weighted by Crippen LogP contribution is -2.45. The summed E-state index contributed by atoms with van der Waals surface area (Å²) in [6.45, 7) is 3.62. The molecule has 2 N–H and O–H groups in total. The molecule has 1 unspecified atom stereocenters. The average molecular weight is 538 g/mol. The minimum Gasteiger partial charge on any atom is -0.378 e. The topological polar surface area (TPSA) is 95.5 Å². The van der Waals surface area contributed by atoms with Crippen molar-refractivity contribution in [2.75, 3.05) is 56.2 Å². The van der Waals surface area contributed by atoms with Crippen molar-refractivity contribution in [2.45, 2.75) is 43.7 Å². The Morgan fingerprint density at radius 1 is 1.05 bits per heavy atom. The van der Waals surface area contributed by atoms with Gasteiger partial charge in [-0.1, -0.05) is 6.07 Å². The van der Waals surface area contributed by atoms with Gasteiger partial charge < -0.3 is 20.3 Å². The van der Waals surface area contributed by atoms with Gasteiger partial charge in [0.15, 0.2) is 0 Å². The van der Waals surface area contributed by atoms with Crippen LogP contribution in [0.2, 0.25) is 0 Å². The Kier molecular flexibility index (Phi) is 7.26. The van der Waals surface area contributed by atoms with E-state index in [0.29, 0.717) is 30.8 Å². The smallest absolute Gasteiger partial charge is 0.252 e. The molecule has 2 saturated heterocycles. The number of carbonyl (C=O) groups excluding carboxylic acids is 1. The third kappa shape index (κ3) is 6.09. The number of morpholine rings is 1. The molecule has 2 aliphatic heterocycles. The van der Waals surface area contributed by atoms with Gasteiger partial charge in [0.05, 0.1) is 24.8 Å². The van der Waals surface area contributed by atoms with Crippen LogP contribution in [0.25, 0.3) is 10.9 Å². The molecule has 1 aliphatic carbocycles. The van der Waals surface area contributed by atoms with Crippen LogP contribution < -0.4 is 15.5 Å². The monoisotopic (exact) mass is 537 g/mol. The second-order valence-electron chi connectivity index (χ2n) is 10.5. The molecule has 3 fully saturated rings. The van der Waals surface area contributed by atoms with Crippen LogP contribution in [0, 0.1) is 0 Å². The number of carbonyl (C=O) groups is 1. The van der Waals surface area contributed by atoms with Gasteiger partial charge in [0.1, 0.15) is 5.82 Å². The lowest BCUT2D eigenvalue weighted by molar-refractivity contribution is -0.0632. The van der Waals surface area contributed by atoms with Gasteiger partial charge in [-0.25, -0.2) is 23.7 Å². The molecule has 3 aliphatic rings. The maximum absolute atomic E-state index is 13.9. The highest BCUT2D eigenvalue weighted by Gasteiger charge is 2.37. The van der Waals surface area contributed by atoms with E-state index >= 15 is 0 Å². The van der Waals surface area contributed by atoms with Crippen LogP contribution in [0.3, 0.4) is 0 Å². The number of pyridine rings is 1. The number of anilines is 2. The molecule has 1 atom stereocenters. The zero-order valence-electron chi connectivity index (χ0n) is 21.8. The summed E-state index contributed by atoms with van der Waals surface area (Å²) in [6, 6.07) is 9.50. The zero-order chi connectivity index (χ0) is 26.8. The van der Waals surface area contributed by atoms with E-state index in [-0.39, 0.29) is 44.4 Å². The van der Waals surface area contributed by atoms with Crippen LogP contribution >= 0.6 is 0 Å². The maximum atomic E-state index is 13.9. The van der Waals surface area contributed by atoms with E-state index in [1.54, 1.807) is 18.5 Å². The molecule has 11 heteroatoms. The first kappa shape index (κ1) is 25.8. The van der Waals surface area contributed by atoms with Gasteiger partial charge in [0.2, 0.25) is 5.95 Å². The Bertz CT molecular complexity index is 1300. The fourth-order valence-corrected chi connectivity index (χ4v) is 5.21. The number of benzene rings is 1. The van der Waals surface area contributed by atoms with E-state index in [9.17, 15) is 13.6 Å². The second-order valence-corrected chi connectivity index (χ2v) is 10.5. The number of likely N-dealkylation sites (tertiary alicyclic amines) is 1. The molecule has 0 spiro atoms. The predicted molar refractivity (Wildman–Crippen MR) is 144 cm³/mol. The van der Waals surface area contributed by atoms with Gasteiger partial charge in [-0.05, 0) is 37.1 Å². The number of hydrogen-bond acceptors (Lipinski definition) is 8. The molecule has 0 bridgehead atoms. The molecule has 39 heavy (non-hydrogen) atoms. The first-order chi connectivity index (χ1) is 18.9. The Morgan fingerprint density at radius 3 is 2.51 bits per heavy atom. The van der Waals surface area contributed by atoms with Gasteiger partial charge in [-0.3, -0.25) is 9.69 Å².